The Bertz CT molecular complexity index is 1800. The summed E-state index contributed by atoms with van der Waals surface area (Å²) < 4.78 is 4.73. The van der Waals surface area contributed by atoms with Crippen molar-refractivity contribution in [2.45, 2.75) is 71.6 Å². The van der Waals surface area contributed by atoms with Crippen LogP contribution in [0.4, 0.5) is 0 Å². The quantitative estimate of drug-likeness (QED) is 0.0863. The number of ketones is 1. The molecule has 0 unspecified atom stereocenters. The van der Waals surface area contributed by atoms with Crippen molar-refractivity contribution in [1.29, 1.82) is 0 Å². The van der Waals surface area contributed by atoms with Crippen molar-refractivity contribution in [1.82, 2.24) is 0 Å². The zero-order valence-corrected chi connectivity index (χ0v) is 28.4. The summed E-state index contributed by atoms with van der Waals surface area (Å²) in [5, 5.41) is 13.6. The molecule has 6 rings (SSSR count). The topological polar surface area (TPSA) is 41.2 Å². The van der Waals surface area contributed by atoms with Crippen molar-refractivity contribution in [3.05, 3.63) is 103 Å². The second-order valence-electron chi connectivity index (χ2n) is 12.4. The number of aliphatic hydroxyl groups is 1. The zero-order chi connectivity index (χ0) is 29.5. The van der Waals surface area contributed by atoms with Gasteiger partial charge in [0.1, 0.15) is 0 Å². The number of nitrogens with zero attached hydrogens (tertiary/aromatic N) is 1. The third kappa shape index (κ3) is 6.29. The average Bonchev–Trinajstić information content (AvgIpc) is 3.56. The largest absolute Gasteiger partial charge is 0.512 e. The molecule has 0 amide bonds. The van der Waals surface area contributed by atoms with E-state index >= 15 is 0 Å². The molecule has 1 aliphatic carbocycles. The molecule has 0 saturated heterocycles. The van der Waals surface area contributed by atoms with Gasteiger partial charge in [-0.1, -0.05) is 74.9 Å². The molecule has 42 heavy (non-hydrogen) atoms. The number of carbonyl (C=O) groups is 1. The average molecular weight is 755 g/mol. The molecule has 1 aliphatic rings. The Kier molecular flexibility index (Phi) is 9.57. The number of hydrogen-bond donors (Lipinski definition) is 1. The molecule has 1 N–H and O–H groups in total. The van der Waals surface area contributed by atoms with E-state index in [9.17, 15) is 4.79 Å². The third-order valence-corrected chi connectivity index (χ3v) is 9.31. The van der Waals surface area contributed by atoms with E-state index < -0.39 is 0 Å². The first kappa shape index (κ1) is 31.8. The molecule has 0 aliphatic heterocycles. The molecule has 0 atom stereocenters. The fourth-order valence-electron chi connectivity index (χ4n) is 6.20. The Morgan fingerprint density at radius 3 is 2.24 bits per heavy atom. The maximum atomic E-state index is 10.0. The van der Waals surface area contributed by atoms with Crippen molar-refractivity contribution in [3.63, 3.8) is 0 Å². The molecule has 5 heteroatoms. The number of carbonyl (C=O) groups excluding carboxylic acids is 1. The smallest absolute Gasteiger partial charge is 0.155 e. The molecule has 3 nitrogen and oxygen atoms in total. The van der Waals surface area contributed by atoms with Crippen LogP contribution >= 0.6 is 11.3 Å². The fraction of sp³-hybridized carbons (Fsp3) is 0.297. The number of allylic oxidation sites excluding steroid dienone is 2. The zero-order valence-electron chi connectivity index (χ0n) is 25.2. The SMILES string of the molecule is CC(=O)/C=C(/C)O.[CH2-]c1c(-c2c3sc4cc(C5CCCC5)ccc4c3cc[n+]2[CH2-])cc(C(C)(C)C)c2ccccc12.[Ir]. The van der Waals surface area contributed by atoms with Crippen molar-refractivity contribution >= 4 is 48.1 Å². The van der Waals surface area contributed by atoms with Gasteiger partial charge in [-0.2, -0.15) is 12.5 Å². The van der Waals surface area contributed by atoms with Gasteiger partial charge in [0, 0.05) is 42.6 Å². The van der Waals surface area contributed by atoms with Crippen LogP contribution in [-0.2, 0) is 30.3 Å². The normalized spacial score (nSPS) is 14.2. The minimum Gasteiger partial charge on any atom is -0.512 e. The second kappa shape index (κ2) is 12.6. The van der Waals surface area contributed by atoms with Crippen molar-refractivity contribution in [3.8, 4) is 11.3 Å². The minimum atomic E-state index is -0.125. The number of thiophene rings is 1. The van der Waals surface area contributed by atoms with Gasteiger partial charge in [-0.25, -0.2) is 0 Å². The van der Waals surface area contributed by atoms with Crippen LogP contribution in [0.1, 0.15) is 82.9 Å². The monoisotopic (exact) mass is 755 g/mol. The first-order valence-corrected chi connectivity index (χ1v) is 15.3. The van der Waals surface area contributed by atoms with Crippen LogP contribution < -0.4 is 4.57 Å². The number of fused-ring (bicyclic) bond motifs is 4. The fourth-order valence-corrected chi connectivity index (χ4v) is 7.51. The van der Waals surface area contributed by atoms with Gasteiger partial charge in [-0.05, 0) is 66.5 Å². The first-order chi connectivity index (χ1) is 19.5. The van der Waals surface area contributed by atoms with Crippen LogP contribution in [0.25, 0.3) is 42.2 Å². The minimum absolute atomic E-state index is 0. The van der Waals surface area contributed by atoms with Crippen molar-refractivity contribution < 1.29 is 34.6 Å². The number of benzene rings is 3. The molecular weight excluding hydrogens is 715 g/mol. The van der Waals surface area contributed by atoms with Gasteiger partial charge in [-0.3, -0.25) is 4.79 Å². The van der Waals surface area contributed by atoms with E-state index in [1.165, 1.54) is 98.9 Å². The number of pyridine rings is 1. The van der Waals surface area contributed by atoms with Gasteiger partial charge < -0.3 is 9.67 Å². The molecular formula is C37H40IrNO2S-. The Hall–Kier alpha value is -3.11. The summed E-state index contributed by atoms with van der Waals surface area (Å²) in [6.07, 6.45) is 8.67. The molecule has 1 radical (unpaired) electrons. The van der Waals surface area contributed by atoms with Gasteiger partial charge >= 0.3 is 0 Å². The number of rotatable bonds is 3. The second-order valence-corrected chi connectivity index (χ2v) is 13.4. The predicted octanol–water partition coefficient (Wildman–Crippen LogP) is 9.97. The molecule has 5 aromatic rings. The Morgan fingerprint density at radius 1 is 0.976 bits per heavy atom. The number of aliphatic hydroxyl groups excluding tert-OH is 1. The molecule has 2 heterocycles. The van der Waals surface area contributed by atoms with Crippen LogP contribution in [0.5, 0.6) is 0 Å². The number of aromatic nitrogens is 1. The third-order valence-electron chi connectivity index (χ3n) is 8.13. The molecule has 221 valence electrons. The van der Waals surface area contributed by atoms with E-state index in [0.29, 0.717) is 0 Å². The summed E-state index contributed by atoms with van der Waals surface area (Å²) >= 11 is 1.91. The summed E-state index contributed by atoms with van der Waals surface area (Å²) in [6.45, 7) is 14.3. The molecule has 1 saturated carbocycles. The molecule has 3 aromatic carbocycles. The summed E-state index contributed by atoms with van der Waals surface area (Å²) in [4.78, 5) is 10.0. The van der Waals surface area contributed by atoms with E-state index in [1.807, 2.05) is 15.9 Å². The Balaban J connectivity index is 0.000000454. The van der Waals surface area contributed by atoms with Gasteiger partial charge in [0.05, 0.1) is 17.6 Å². The molecule has 0 bridgehead atoms. The maximum absolute atomic E-state index is 10.0. The van der Waals surface area contributed by atoms with E-state index in [1.54, 1.807) is 0 Å². The van der Waals surface area contributed by atoms with Crippen LogP contribution in [0, 0.1) is 14.0 Å². The summed E-state index contributed by atoms with van der Waals surface area (Å²) in [6, 6.07) is 20.5. The van der Waals surface area contributed by atoms with E-state index in [4.69, 9.17) is 5.11 Å². The van der Waals surface area contributed by atoms with Gasteiger partial charge in [-0.15, -0.1) is 34.4 Å². The van der Waals surface area contributed by atoms with Crippen LogP contribution in [0.15, 0.2) is 72.6 Å². The molecule has 0 spiro atoms. The van der Waals surface area contributed by atoms with E-state index in [0.717, 1.165) is 11.5 Å². The van der Waals surface area contributed by atoms with Gasteiger partial charge in [0.15, 0.2) is 5.78 Å². The number of hydrogen-bond acceptors (Lipinski definition) is 3. The van der Waals surface area contributed by atoms with E-state index in [-0.39, 0.29) is 37.1 Å². The molecule has 1 fully saturated rings. The van der Waals surface area contributed by atoms with E-state index in [2.05, 4.69) is 95.5 Å². The summed E-state index contributed by atoms with van der Waals surface area (Å²) in [7, 11) is 4.41. The summed E-state index contributed by atoms with van der Waals surface area (Å²) in [5.41, 5.74) is 6.33. The van der Waals surface area contributed by atoms with Crippen molar-refractivity contribution in [2.24, 2.45) is 0 Å². The van der Waals surface area contributed by atoms with Crippen LogP contribution in [0.2, 0.25) is 0 Å². The standard InChI is InChI=1S/C32H32NS.C5H8O2.Ir/c1-20-23-12-8-9-13-24(23)28(32(2,3)4)19-27(20)30-31-26(16-17-33(30)5)25-15-14-22(18-29(25)34-31)21-10-6-7-11-21;1-4(6)3-5(2)7;/h8-9,12-19,21H,1,5-7,10-11H2,2-4H3;3,6H,1-2H3;/q-1;;/b;4-3-;. The first-order valence-electron chi connectivity index (χ1n) is 14.4. The van der Waals surface area contributed by atoms with Gasteiger partial charge in [0.2, 0.25) is 0 Å². The van der Waals surface area contributed by atoms with Crippen LogP contribution in [-0.4, -0.2) is 10.9 Å². The predicted molar refractivity (Wildman–Crippen MR) is 175 cm³/mol. The maximum Gasteiger partial charge on any atom is 0.155 e. The molecule has 2 aromatic heterocycles. The van der Waals surface area contributed by atoms with Gasteiger partial charge in [0.25, 0.3) is 0 Å². The Morgan fingerprint density at radius 2 is 1.64 bits per heavy atom. The van der Waals surface area contributed by atoms with Crippen molar-refractivity contribution in [2.75, 3.05) is 0 Å². The van der Waals surface area contributed by atoms with Crippen LogP contribution in [0.3, 0.4) is 0 Å². The Labute approximate surface area is 267 Å². The summed E-state index contributed by atoms with van der Waals surface area (Å²) in [5.74, 6) is 0.667.